The molecule has 42 heavy (non-hydrogen) atoms. The summed E-state index contributed by atoms with van der Waals surface area (Å²) >= 11 is 31.5. The van der Waals surface area contributed by atoms with Gasteiger partial charge in [-0.25, -0.2) is 0 Å². The Labute approximate surface area is 267 Å². The molecule has 0 saturated heterocycles. The van der Waals surface area contributed by atoms with E-state index in [1.165, 1.54) is 12.1 Å². The minimum absolute atomic E-state index is 0.181. The van der Waals surface area contributed by atoms with E-state index in [1.807, 2.05) is 31.2 Å². The summed E-state index contributed by atoms with van der Waals surface area (Å²) < 4.78 is -1.34. The van der Waals surface area contributed by atoms with Crippen LogP contribution in [0.3, 0.4) is 0 Å². The van der Waals surface area contributed by atoms with Crippen molar-refractivity contribution in [2.45, 2.75) is 23.7 Å². The molecule has 0 heterocycles. The number of carbonyl (C=O) groups excluding carboxylic acids is 2. The number of carbonyl (C=O) groups is 2. The predicted octanol–water partition coefficient (Wildman–Crippen LogP) is 9.05. The normalized spacial score (nSPS) is 16.9. The second-order valence-electron chi connectivity index (χ2n) is 10.0. The first-order valence-electron chi connectivity index (χ1n) is 12.8. The fourth-order valence-corrected chi connectivity index (χ4v) is 6.32. The Morgan fingerprint density at radius 3 is 2.17 bits per heavy atom. The highest BCUT2D eigenvalue weighted by molar-refractivity contribution is 6.53. The average molecular weight is 664 g/mol. The molecule has 0 aliphatic heterocycles. The number of rotatable bonds is 8. The van der Waals surface area contributed by atoms with E-state index in [4.69, 9.17) is 58.0 Å². The lowest BCUT2D eigenvalue weighted by Crippen LogP contribution is -2.18. The van der Waals surface area contributed by atoms with E-state index < -0.39 is 28.0 Å². The number of hydrogen-bond donors (Lipinski definition) is 4. The van der Waals surface area contributed by atoms with Crippen LogP contribution in [0.4, 0.5) is 17.1 Å². The van der Waals surface area contributed by atoms with Gasteiger partial charge in [0.15, 0.2) is 0 Å². The van der Waals surface area contributed by atoms with Gasteiger partial charge < -0.3 is 21.1 Å². The standard InChI is InChI=1S/C31H24Cl5N3O3/c1-16-10-21(37-15-17-2-6-23(40)7-3-17)5-9-26(16)39-29(41)24-14-22(4-8-25(24)34)38-30(42)28-27(31(28,35)36)18-11-19(32)13-20(33)12-18/h2-14,27-28,37,40H,15H2,1H3,(H,38,42)(H,39,41)/t27-,28+/m0/s1. The molecule has 1 aliphatic carbocycles. The highest BCUT2D eigenvalue weighted by atomic mass is 35.5. The minimum atomic E-state index is -1.34. The molecule has 4 aromatic rings. The number of anilines is 3. The number of phenols is 1. The summed E-state index contributed by atoms with van der Waals surface area (Å²) in [5.41, 5.74) is 4.52. The average Bonchev–Trinajstić information content (AvgIpc) is 3.52. The van der Waals surface area contributed by atoms with Crippen molar-refractivity contribution in [1.29, 1.82) is 0 Å². The van der Waals surface area contributed by atoms with Gasteiger partial charge in [-0.15, -0.1) is 23.2 Å². The van der Waals surface area contributed by atoms with E-state index in [2.05, 4.69) is 16.0 Å². The molecule has 1 saturated carbocycles. The summed E-state index contributed by atoms with van der Waals surface area (Å²) in [7, 11) is 0. The summed E-state index contributed by atoms with van der Waals surface area (Å²) in [6, 6.07) is 22.1. The molecular formula is C31H24Cl5N3O3. The molecule has 1 fully saturated rings. The monoisotopic (exact) mass is 661 g/mol. The largest absolute Gasteiger partial charge is 0.508 e. The smallest absolute Gasteiger partial charge is 0.257 e. The van der Waals surface area contributed by atoms with E-state index in [-0.39, 0.29) is 16.3 Å². The number of nitrogens with one attached hydrogen (secondary N) is 3. The first-order valence-corrected chi connectivity index (χ1v) is 14.7. The van der Waals surface area contributed by atoms with E-state index >= 15 is 0 Å². The second-order valence-corrected chi connectivity index (χ2v) is 12.7. The van der Waals surface area contributed by atoms with Crippen LogP contribution in [-0.4, -0.2) is 21.3 Å². The molecule has 11 heteroatoms. The molecule has 0 aromatic heterocycles. The first-order chi connectivity index (χ1) is 19.9. The quantitative estimate of drug-likeness (QED) is 0.142. The Morgan fingerprint density at radius 1 is 0.833 bits per heavy atom. The molecule has 4 N–H and O–H groups in total. The minimum Gasteiger partial charge on any atom is -0.508 e. The van der Waals surface area contributed by atoms with Crippen LogP contribution in [0.1, 0.15) is 33.0 Å². The number of hydrogen-bond acceptors (Lipinski definition) is 4. The summed E-state index contributed by atoms with van der Waals surface area (Å²) in [5, 5.41) is 19.5. The van der Waals surface area contributed by atoms with Crippen molar-refractivity contribution in [2.75, 3.05) is 16.0 Å². The Kier molecular flexibility index (Phi) is 8.83. The summed E-state index contributed by atoms with van der Waals surface area (Å²) in [5.74, 6) is -1.90. The fourth-order valence-electron chi connectivity index (χ4n) is 4.74. The number of aromatic hydroxyl groups is 1. The third kappa shape index (κ3) is 6.74. The second kappa shape index (κ2) is 12.2. The van der Waals surface area contributed by atoms with Crippen molar-refractivity contribution >= 4 is 86.9 Å². The van der Waals surface area contributed by atoms with Crippen LogP contribution in [0.2, 0.25) is 15.1 Å². The van der Waals surface area contributed by atoms with Gasteiger partial charge in [0.2, 0.25) is 5.91 Å². The number of amides is 2. The third-order valence-corrected chi connectivity index (χ3v) is 8.67. The van der Waals surface area contributed by atoms with Gasteiger partial charge in [0.05, 0.1) is 16.5 Å². The molecule has 0 unspecified atom stereocenters. The number of aryl methyl sites for hydroxylation is 1. The van der Waals surface area contributed by atoms with Crippen molar-refractivity contribution in [1.82, 2.24) is 0 Å². The van der Waals surface area contributed by atoms with Gasteiger partial charge in [-0.1, -0.05) is 46.9 Å². The maximum Gasteiger partial charge on any atom is 0.257 e. The number of halogens is 5. The van der Waals surface area contributed by atoms with Gasteiger partial charge >= 0.3 is 0 Å². The van der Waals surface area contributed by atoms with Crippen LogP contribution in [0.25, 0.3) is 0 Å². The van der Waals surface area contributed by atoms with Crippen molar-refractivity contribution in [3.8, 4) is 5.75 Å². The van der Waals surface area contributed by atoms with Gasteiger partial charge in [-0.3, -0.25) is 9.59 Å². The number of alkyl halides is 2. The number of phenolic OH excluding ortho intramolecular Hbond substituents is 1. The lowest BCUT2D eigenvalue weighted by molar-refractivity contribution is -0.117. The van der Waals surface area contributed by atoms with Crippen molar-refractivity contribution < 1.29 is 14.7 Å². The van der Waals surface area contributed by atoms with Crippen molar-refractivity contribution in [3.05, 3.63) is 116 Å². The molecule has 0 spiro atoms. The van der Waals surface area contributed by atoms with E-state index in [0.717, 1.165) is 16.8 Å². The van der Waals surface area contributed by atoms with Crippen LogP contribution in [0.15, 0.2) is 78.9 Å². The van der Waals surface area contributed by atoms with Crippen LogP contribution >= 0.6 is 58.0 Å². The highest BCUT2D eigenvalue weighted by Crippen LogP contribution is 2.65. The zero-order chi connectivity index (χ0) is 30.2. The molecule has 4 aromatic carbocycles. The van der Waals surface area contributed by atoms with Gasteiger partial charge in [0.25, 0.3) is 5.91 Å². The Balaban J connectivity index is 1.25. The Bertz CT molecular complexity index is 1660. The van der Waals surface area contributed by atoms with Gasteiger partial charge in [-0.05, 0) is 90.3 Å². The first kappa shape index (κ1) is 30.3. The fraction of sp³-hybridized carbons (Fsp3) is 0.161. The van der Waals surface area contributed by atoms with Gasteiger partial charge in [-0.2, -0.15) is 0 Å². The molecule has 2 atom stereocenters. The zero-order valence-corrected chi connectivity index (χ0v) is 25.8. The maximum atomic E-state index is 13.2. The zero-order valence-electron chi connectivity index (χ0n) is 22.0. The molecule has 5 rings (SSSR count). The lowest BCUT2D eigenvalue weighted by Gasteiger charge is -2.13. The summed E-state index contributed by atoms with van der Waals surface area (Å²) in [4.78, 5) is 26.3. The van der Waals surface area contributed by atoms with E-state index in [1.54, 1.807) is 42.5 Å². The lowest BCUT2D eigenvalue weighted by atomic mass is 10.1. The molecule has 6 nitrogen and oxygen atoms in total. The van der Waals surface area contributed by atoms with Crippen LogP contribution < -0.4 is 16.0 Å². The molecule has 216 valence electrons. The van der Waals surface area contributed by atoms with Crippen LogP contribution in [-0.2, 0) is 11.3 Å². The van der Waals surface area contributed by atoms with Gasteiger partial charge in [0.1, 0.15) is 10.1 Å². The summed E-state index contributed by atoms with van der Waals surface area (Å²) in [6.45, 7) is 2.45. The van der Waals surface area contributed by atoms with E-state index in [0.29, 0.717) is 33.5 Å². The Hall–Kier alpha value is -3.13. The van der Waals surface area contributed by atoms with E-state index in [9.17, 15) is 14.7 Å². The predicted molar refractivity (Wildman–Crippen MR) is 172 cm³/mol. The summed E-state index contributed by atoms with van der Waals surface area (Å²) in [6.07, 6.45) is 0. The molecule has 0 bridgehead atoms. The highest BCUT2D eigenvalue weighted by Gasteiger charge is 2.67. The molecule has 1 aliphatic rings. The van der Waals surface area contributed by atoms with Crippen molar-refractivity contribution in [3.63, 3.8) is 0 Å². The molecule has 0 radical (unpaired) electrons. The Morgan fingerprint density at radius 2 is 1.50 bits per heavy atom. The van der Waals surface area contributed by atoms with Gasteiger partial charge in [0, 0.05) is 39.6 Å². The molecular weight excluding hydrogens is 640 g/mol. The number of benzene rings is 4. The van der Waals surface area contributed by atoms with Crippen molar-refractivity contribution in [2.24, 2.45) is 5.92 Å². The SMILES string of the molecule is Cc1cc(NCc2ccc(O)cc2)ccc1NC(=O)c1cc(NC(=O)[C@H]2[C@H](c3cc(Cl)cc(Cl)c3)C2(Cl)Cl)ccc1Cl. The topological polar surface area (TPSA) is 90.5 Å². The van der Waals surface area contributed by atoms with Crippen LogP contribution in [0.5, 0.6) is 5.75 Å². The maximum absolute atomic E-state index is 13.2. The third-order valence-electron chi connectivity index (χ3n) is 6.97. The van der Waals surface area contributed by atoms with Crippen LogP contribution in [0, 0.1) is 12.8 Å². The molecule has 2 amide bonds.